The summed E-state index contributed by atoms with van der Waals surface area (Å²) in [6, 6.07) is 8.04. The Morgan fingerprint density at radius 3 is 2.93 bits per heavy atom. The number of benzene rings is 1. The van der Waals surface area contributed by atoms with Gasteiger partial charge in [-0.25, -0.2) is 0 Å². The molecule has 0 spiro atoms. The SMILES string of the molecule is CCCc1cccc2c(N)ccnc12. The standard InChI is InChI=1S/C12H14N2/c1-2-4-9-5-3-6-10-11(13)7-8-14-12(9)10/h3,5-8H,2,4H2,1H3,(H2,13,14). The number of hydrogen-bond donors (Lipinski definition) is 1. The van der Waals surface area contributed by atoms with E-state index in [-0.39, 0.29) is 0 Å². The van der Waals surface area contributed by atoms with E-state index in [1.165, 1.54) is 5.56 Å². The normalized spacial score (nSPS) is 10.6. The molecule has 2 heteroatoms. The third kappa shape index (κ3) is 1.43. The van der Waals surface area contributed by atoms with E-state index in [1.807, 2.05) is 18.2 Å². The van der Waals surface area contributed by atoms with Gasteiger partial charge in [-0.2, -0.15) is 0 Å². The molecule has 0 aliphatic heterocycles. The van der Waals surface area contributed by atoms with Gasteiger partial charge in [-0.05, 0) is 18.1 Å². The van der Waals surface area contributed by atoms with E-state index in [2.05, 4.69) is 18.0 Å². The van der Waals surface area contributed by atoms with Crippen molar-refractivity contribution in [1.82, 2.24) is 4.98 Å². The van der Waals surface area contributed by atoms with E-state index < -0.39 is 0 Å². The lowest BCUT2D eigenvalue weighted by Crippen LogP contribution is -1.92. The van der Waals surface area contributed by atoms with E-state index >= 15 is 0 Å². The molecule has 1 aromatic heterocycles. The summed E-state index contributed by atoms with van der Waals surface area (Å²) in [5.41, 5.74) is 9.03. The minimum Gasteiger partial charge on any atom is -0.398 e. The fourth-order valence-corrected chi connectivity index (χ4v) is 1.73. The zero-order chi connectivity index (χ0) is 9.97. The van der Waals surface area contributed by atoms with Gasteiger partial charge in [0.15, 0.2) is 0 Å². The number of para-hydroxylation sites is 1. The second kappa shape index (κ2) is 3.66. The van der Waals surface area contributed by atoms with Crippen molar-refractivity contribution in [1.29, 1.82) is 0 Å². The third-order valence-corrected chi connectivity index (χ3v) is 2.41. The Morgan fingerprint density at radius 2 is 2.14 bits per heavy atom. The summed E-state index contributed by atoms with van der Waals surface area (Å²) in [4.78, 5) is 4.38. The Kier molecular flexibility index (Phi) is 2.35. The van der Waals surface area contributed by atoms with Crippen molar-refractivity contribution in [3.63, 3.8) is 0 Å². The number of aryl methyl sites for hydroxylation is 1. The predicted molar refractivity (Wildman–Crippen MR) is 60.2 cm³/mol. The topological polar surface area (TPSA) is 38.9 Å². The highest BCUT2D eigenvalue weighted by atomic mass is 14.7. The van der Waals surface area contributed by atoms with Gasteiger partial charge in [0.2, 0.25) is 0 Å². The number of rotatable bonds is 2. The molecule has 14 heavy (non-hydrogen) atoms. The predicted octanol–water partition coefficient (Wildman–Crippen LogP) is 2.77. The number of nitrogen functional groups attached to an aromatic ring is 1. The molecule has 1 aromatic carbocycles. The third-order valence-electron chi connectivity index (χ3n) is 2.41. The van der Waals surface area contributed by atoms with E-state index in [1.54, 1.807) is 6.20 Å². The monoisotopic (exact) mass is 186 g/mol. The first-order valence-electron chi connectivity index (χ1n) is 4.95. The smallest absolute Gasteiger partial charge is 0.0754 e. The van der Waals surface area contributed by atoms with Gasteiger partial charge in [0, 0.05) is 17.3 Å². The first-order chi connectivity index (χ1) is 6.83. The average molecular weight is 186 g/mol. The Bertz CT molecular complexity index is 449. The molecule has 0 aliphatic rings. The molecular formula is C12H14N2. The highest BCUT2D eigenvalue weighted by molar-refractivity contribution is 5.91. The van der Waals surface area contributed by atoms with E-state index in [4.69, 9.17) is 5.73 Å². The Hall–Kier alpha value is -1.57. The van der Waals surface area contributed by atoms with Crippen LogP contribution in [-0.4, -0.2) is 4.98 Å². The number of pyridine rings is 1. The van der Waals surface area contributed by atoms with Gasteiger partial charge in [-0.3, -0.25) is 4.98 Å². The van der Waals surface area contributed by atoms with Crippen LogP contribution in [0.2, 0.25) is 0 Å². The van der Waals surface area contributed by atoms with E-state index in [0.717, 1.165) is 29.4 Å². The summed E-state index contributed by atoms with van der Waals surface area (Å²) >= 11 is 0. The first-order valence-corrected chi connectivity index (χ1v) is 4.95. The van der Waals surface area contributed by atoms with Crippen molar-refractivity contribution >= 4 is 16.6 Å². The lowest BCUT2D eigenvalue weighted by atomic mass is 10.1. The van der Waals surface area contributed by atoms with Gasteiger partial charge in [0.1, 0.15) is 0 Å². The van der Waals surface area contributed by atoms with Crippen molar-refractivity contribution in [2.45, 2.75) is 19.8 Å². The molecule has 0 amide bonds. The van der Waals surface area contributed by atoms with Gasteiger partial charge in [-0.15, -0.1) is 0 Å². The van der Waals surface area contributed by atoms with Crippen molar-refractivity contribution in [2.75, 3.05) is 5.73 Å². The maximum Gasteiger partial charge on any atom is 0.0754 e. The molecule has 0 radical (unpaired) electrons. The summed E-state index contributed by atoms with van der Waals surface area (Å²) < 4.78 is 0. The van der Waals surface area contributed by atoms with Crippen LogP contribution < -0.4 is 5.73 Å². The molecule has 0 aliphatic carbocycles. The molecule has 2 nitrogen and oxygen atoms in total. The zero-order valence-corrected chi connectivity index (χ0v) is 8.33. The molecule has 0 saturated heterocycles. The molecule has 0 saturated carbocycles. The first kappa shape index (κ1) is 9.00. The van der Waals surface area contributed by atoms with Crippen molar-refractivity contribution in [3.8, 4) is 0 Å². The Labute approximate surface area is 83.8 Å². The number of nitrogens with zero attached hydrogens (tertiary/aromatic N) is 1. The molecule has 1 heterocycles. The summed E-state index contributed by atoms with van der Waals surface area (Å²) in [5.74, 6) is 0. The molecule has 0 unspecified atom stereocenters. The van der Waals surface area contributed by atoms with Gasteiger partial charge in [0.25, 0.3) is 0 Å². The fourth-order valence-electron chi connectivity index (χ4n) is 1.73. The highest BCUT2D eigenvalue weighted by Crippen LogP contribution is 2.22. The van der Waals surface area contributed by atoms with Crippen LogP contribution in [0.5, 0.6) is 0 Å². The maximum absolute atomic E-state index is 5.88. The van der Waals surface area contributed by atoms with Gasteiger partial charge in [-0.1, -0.05) is 31.5 Å². The van der Waals surface area contributed by atoms with Crippen LogP contribution in [0.4, 0.5) is 5.69 Å². The van der Waals surface area contributed by atoms with Gasteiger partial charge >= 0.3 is 0 Å². The van der Waals surface area contributed by atoms with Crippen LogP contribution in [-0.2, 0) is 6.42 Å². The molecular weight excluding hydrogens is 172 g/mol. The number of fused-ring (bicyclic) bond motifs is 1. The summed E-state index contributed by atoms with van der Waals surface area (Å²) in [6.45, 7) is 2.17. The van der Waals surface area contributed by atoms with Crippen molar-refractivity contribution in [2.24, 2.45) is 0 Å². The zero-order valence-electron chi connectivity index (χ0n) is 8.33. The van der Waals surface area contributed by atoms with E-state index in [0.29, 0.717) is 0 Å². The van der Waals surface area contributed by atoms with Crippen LogP contribution in [0, 0.1) is 0 Å². The van der Waals surface area contributed by atoms with Crippen LogP contribution in [0.25, 0.3) is 10.9 Å². The second-order valence-corrected chi connectivity index (χ2v) is 3.46. The van der Waals surface area contributed by atoms with Crippen LogP contribution in [0.3, 0.4) is 0 Å². The lowest BCUT2D eigenvalue weighted by Gasteiger charge is -2.05. The minimum atomic E-state index is 0.813. The largest absolute Gasteiger partial charge is 0.398 e. The molecule has 2 N–H and O–H groups in total. The Morgan fingerprint density at radius 1 is 1.29 bits per heavy atom. The quantitative estimate of drug-likeness (QED) is 0.783. The van der Waals surface area contributed by atoms with Crippen LogP contribution in [0.15, 0.2) is 30.5 Å². The number of hydrogen-bond acceptors (Lipinski definition) is 2. The van der Waals surface area contributed by atoms with Crippen molar-refractivity contribution < 1.29 is 0 Å². The highest BCUT2D eigenvalue weighted by Gasteiger charge is 2.02. The van der Waals surface area contributed by atoms with E-state index in [9.17, 15) is 0 Å². The lowest BCUT2D eigenvalue weighted by molar-refractivity contribution is 0.926. The molecule has 2 rings (SSSR count). The number of aromatic nitrogens is 1. The van der Waals surface area contributed by atoms with Gasteiger partial charge in [0.05, 0.1) is 5.52 Å². The summed E-state index contributed by atoms with van der Waals surface area (Å²) in [6.07, 6.45) is 3.97. The summed E-state index contributed by atoms with van der Waals surface area (Å²) in [7, 11) is 0. The fraction of sp³-hybridized carbons (Fsp3) is 0.250. The van der Waals surface area contributed by atoms with Crippen LogP contribution >= 0.6 is 0 Å². The Balaban J connectivity index is 2.68. The maximum atomic E-state index is 5.88. The second-order valence-electron chi connectivity index (χ2n) is 3.46. The molecule has 0 bridgehead atoms. The summed E-state index contributed by atoms with van der Waals surface area (Å²) in [5, 5.41) is 1.07. The molecule has 72 valence electrons. The molecule has 0 atom stereocenters. The molecule has 2 aromatic rings. The minimum absolute atomic E-state index is 0.813. The van der Waals surface area contributed by atoms with Gasteiger partial charge < -0.3 is 5.73 Å². The molecule has 0 fully saturated rings. The number of nitrogens with two attached hydrogens (primary N) is 1. The average Bonchev–Trinajstić information content (AvgIpc) is 2.20. The van der Waals surface area contributed by atoms with Crippen molar-refractivity contribution in [3.05, 3.63) is 36.0 Å². The van der Waals surface area contributed by atoms with Crippen LogP contribution in [0.1, 0.15) is 18.9 Å². The number of anilines is 1.